The Kier molecular flexibility index (Phi) is 5.81. The van der Waals surface area contributed by atoms with Gasteiger partial charge in [0.05, 0.1) is 12.1 Å². The standard InChI is InChI=1S/C16H15N5O2S2/c22-13(17-7-4-12-3-1-8-24-12)9-11-10-25-16(20-11)21-15(23)14-18-5-2-6-19-14/h1-3,5-6,8,10H,4,7,9H2,(H,17,22)(H,20,21,23). The molecule has 0 aromatic carbocycles. The summed E-state index contributed by atoms with van der Waals surface area (Å²) >= 11 is 2.93. The maximum absolute atomic E-state index is 12.0. The SMILES string of the molecule is O=C(Cc1csc(NC(=O)c2ncccn2)n1)NCCc1cccs1. The van der Waals surface area contributed by atoms with E-state index in [4.69, 9.17) is 0 Å². The van der Waals surface area contributed by atoms with Crippen LogP contribution in [0, 0.1) is 0 Å². The Balaban J connectivity index is 1.46. The van der Waals surface area contributed by atoms with Crippen molar-refractivity contribution in [3.8, 4) is 0 Å². The van der Waals surface area contributed by atoms with Crippen molar-refractivity contribution in [3.63, 3.8) is 0 Å². The maximum Gasteiger partial charge on any atom is 0.295 e. The number of hydrogen-bond donors (Lipinski definition) is 2. The fourth-order valence-electron chi connectivity index (χ4n) is 2.02. The van der Waals surface area contributed by atoms with Crippen molar-refractivity contribution in [1.82, 2.24) is 20.3 Å². The number of anilines is 1. The van der Waals surface area contributed by atoms with Gasteiger partial charge in [0.2, 0.25) is 11.7 Å². The Hall–Kier alpha value is -2.65. The number of thiazole rings is 1. The van der Waals surface area contributed by atoms with Gasteiger partial charge < -0.3 is 5.32 Å². The van der Waals surface area contributed by atoms with E-state index in [1.807, 2.05) is 17.5 Å². The Bertz CT molecular complexity index is 833. The van der Waals surface area contributed by atoms with Gasteiger partial charge in [-0.15, -0.1) is 22.7 Å². The number of amides is 2. The van der Waals surface area contributed by atoms with Crippen LogP contribution in [0.25, 0.3) is 0 Å². The summed E-state index contributed by atoms with van der Waals surface area (Å²) in [7, 11) is 0. The molecule has 7 nitrogen and oxygen atoms in total. The number of rotatable bonds is 7. The van der Waals surface area contributed by atoms with E-state index in [-0.39, 0.29) is 18.2 Å². The molecule has 2 amide bonds. The minimum absolute atomic E-state index is 0.0746. The Morgan fingerprint density at radius 1 is 1.12 bits per heavy atom. The molecule has 9 heteroatoms. The van der Waals surface area contributed by atoms with Gasteiger partial charge in [0.1, 0.15) is 0 Å². The first-order valence-electron chi connectivity index (χ1n) is 7.52. The highest BCUT2D eigenvalue weighted by Crippen LogP contribution is 2.16. The van der Waals surface area contributed by atoms with Crippen LogP contribution in [0.5, 0.6) is 0 Å². The molecule has 0 saturated heterocycles. The van der Waals surface area contributed by atoms with E-state index in [1.165, 1.54) is 28.6 Å². The second-order valence-corrected chi connectivity index (χ2v) is 6.92. The highest BCUT2D eigenvalue weighted by Gasteiger charge is 2.12. The molecule has 0 fully saturated rings. The van der Waals surface area contributed by atoms with Crippen molar-refractivity contribution in [1.29, 1.82) is 0 Å². The van der Waals surface area contributed by atoms with Gasteiger partial charge in [-0.1, -0.05) is 6.07 Å². The summed E-state index contributed by atoms with van der Waals surface area (Å²) in [5.74, 6) is -0.446. The van der Waals surface area contributed by atoms with E-state index >= 15 is 0 Å². The molecule has 0 spiro atoms. The van der Waals surface area contributed by atoms with E-state index in [9.17, 15) is 9.59 Å². The zero-order valence-electron chi connectivity index (χ0n) is 13.1. The summed E-state index contributed by atoms with van der Waals surface area (Å²) in [6, 6.07) is 5.67. The topological polar surface area (TPSA) is 96.9 Å². The van der Waals surface area contributed by atoms with Crippen LogP contribution in [0.15, 0.2) is 41.4 Å². The van der Waals surface area contributed by atoms with Crippen molar-refractivity contribution in [2.75, 3.05) is 11.9 Å². The third kappa shape index (κ3) is 5.16. The molecule has 3 aromatic rings. The van der Waals surface area contributed by atoms with Gasteiger partial charge in [-0.3, -0.25) is 14.9 Å². The minimum Gasteiger partial charge on any atom is -0.355 e. The van der Waals surface area contributed by atoms with Crippen LogP contribution in [-0.4, -0.2) is 33.3 Å². The number of nitrogens with zero attached hydrogens (tertiary/aromatic N) is 3. The largest absolute Gasteiger partial charge is 0.355 e. The van der Waals surface area contributed by atoms with Crippen molar-refractivity contribution in [2.24, 2.45) is 0 Å². The van der Waals surface area contributed by atoms with Gasteiger partial charge in [0.15, 0.2) is 5.13 Å². The van der Waals surface area contributed by atoms with Crippen LogP contribution in [-0.2, 0) is 17.6 Å². The monoisotopic (exact) mass is 373 g/mol. The number of carbonyl (C=O) groups excluding carboxylic acids is 2. The van der Waals surface area contributed by atoms with Gasteiger partial charge in [0.25, 0.3) is 5.91 Å². The molecule has 0 atom stereocenters. The fraction of sp³-hybridized carbons (Fsp3) is 0.188. The molecular weight excluding hydrogens is 358 g/mol. The highest BCUT2D eigenvalue weighted by molar-refractivity contribution is 7.14. The number of carbonyl (C=O) groups is 2. The lowest BCUT2D eigenvalue weighted by Crippen LogP contribution is -2.27. The average molecular weight is 373 g/mol. The molecule has 3 aromatic heterocycles. The molecule has 0 aliphatic rings. The van der Waals surface area contributed by atoms with E-state index in [1.54, 1.807) is 22.8 Å². The highest BCUT2D eigenvalue weighted by atomic mass is 32.1. The van der Waals surface area contributed by atoms with Gasteiger partial charge >= 0.3 is 0 Å². The zero-order chi connectivity index (χ0) is 17.5. The first-order valence-corrected chi connectivity index (χ1v) is 9.28. The molecule has 3 heterocycles. The van der Waals surface area contributed by atoms with Crippen molar-refractivity contribution in [3.05, 3.63) is 57.7 Å². The van der Waals surface area contributed by atoms with Gasteiger partial charge in [-0.05, 0) is 23.9 Å². The molecule has 128 valence electrons. The van der Waals surface area contributed by atoms with Crippen LogP contribution in [0.3, 0.4) is 0 Å². The molecule has 3 rings (SSSR count). The Morgan fingerprint density at radius 2 is 1.96 bits per heavy atom. The third-order valence-corrected chi connectivity index (χ3v) is 4.90. The summed E-state index contributed by atoms with van der Waals surface area (Å²) in [6.07, 6.45) is 3.99. The number of aromatic nitrogens is 3. The van der Waals surface area contributed by atoms with Gasteiger partial charge in [0, 0.05) is 29.2 Å². The first kappa shape index (κ1) is 17.2. The predicted octanol–water partition coefficient (Wildman–Crippen LogP) is 2.15. The molecule has 0 saturated carbocycles. The van der Waals surface area contributed by atoms with E-state index in [2.05, 4.69) is 25.6 Å². The normalized spacial score (nSPS) is 10.4. The molecule has 0 aliphatic carbocycles. The quantitative estimate of drug-likeness (QED) is 0.661. The summed E-state index contributed by atoms with van der Waals surface area (Å²) in [6.45, 7) is 0.596. The van der Waals surface area contributed by atoms with Gasteiger partial charge in [-0.2, -0.15) is 0 Å². The summed E-state index contributed by atoms with van der Waals surface area (Å²) in [4.78, 5) is 37.1. The molecule has 0 unspecified atom stereocenters. The fourth-order valence-corrected chi connectivity index (χ4v) is 3.44. The zero-order valence-corrected chi connectivity index (χ0v) is 14.8. The third-order valence-electron chi connectivity index (χ3n) is 3.16. The summed E-state index contributed by atoms with van der Waals surface area (Å²) in [5.41, 5.74) is 0.614. The molecule has 0 bridgehead atoms. The van der Waals surface area contributed by atoms with Crippen molar-refractivity contribution in [2.45, 2.75) is 12.8 Å². The molecule has 0 aliphatic heterocycles. The lowest BCUT2D eigenvalue weighted by atomic mass is 10.3. The lowest BCUT2D eigenvalue weighted by Gasteiger charge is -2.02. The molecule has 0 radical (unpaired) electrons. The van der Waals surface area contributed by atoms with E-state index < -0.39 is 5.91 Å². The van der Waals surface area contributed by atoms with Crippen molar-refractivity contribution >= 4 is 39.6 Å². The second kappa shape index (κ2) is 8.45. The number of nitrogens with one attached hydrogen (secondary N) is 2. The smallest absolute Gasteiger partial charge is 0.295 e. The van der Waals surface area contributed by atoms with Crippen LogP contribution in [0.2, 0.25) is 0 Å². The van der Waals surface area contributed by atoms with Gasteiger partial charge in [-0.25, -0.2) is 15.0 Å². The van der Waals surface area contributed by atoms with Crippen LogP contribution >= 0.6 is 22.7 Å². The number of hydrogen-bond acceptors (Lipinski definition) is 7. The molecular formula is C16H15N5O2S2. The summed E-state index contributed by atoms with van der Waals surface area (Å²) < 4.78 is 0. The van der Waals surface area contributed by atoms with E-state index in [0.29, 0.717) is 17.4 Å². The Labute approximate surface area is 152 Å². The molecule has 2 N–H and O–H groups in total. The van der Waals surface area contributed by atoms with E-state index in [0.717, 1.165) is 6.42 Å². The summed E-state index contributed by atoms with van der Waals surface area (Å²) in [5, 5.41) is 9.68. The minimum atomic E-state index is -0.429. The predicted molar refractivity (Wildman–Crippen MR) is 96.8 cm³/mol. The number of thiophene rings is 1. The van der Waals surface area contributed by atoms with Crippen molar-refractivity contribution < 1.29 is 9.59 Å². The van der Waals surface area contributed by atoms with Crippen LogP contribution < -0.4 is 10.6 Å². The molecule has 25 heavy (non-hydrogen) atoms. The maximum atomic E-state index is 12.0. The second-order valence-electron chi connectivity index (χ2n) is 5.03. The average Bonchev–Trinajstić information content (AvgIpc) is 3.28. The first-order chi connectivity index (χ1) is 12.2. The van der Waals surface area contributed by atoms with Crippen LogP contribution in [0.1, 0.15) is 21.2 Å². The van der Waals surface area contributed by atoms with Crippen LogP contribution in [0.4, 0.5) is 5.13 Å². The lowest BCUT2D eigenvalue weighted by molar-refractivity contribution is -0.120. The Morgan fingerprint density at radius 3 is 2.72 bits per heavy atom.